The van der Waals surface area contributed by atoms with Crippen LogP contribution in [0.15, 0.2) is 53.3 Å². The van der Waals surface area contributed by atoms with Crippen molar-refractivity contribution in [3.8, 4) is 11.4 Å². The van der Waals surface area contributed by atoms with E-state index < -0.39 is 0 Å². The molecule has 3 aromatic rings. The topological polar surface area (TPSA) is 38.9 Å². The van der Waals surface area contributed by atoms with Gasteiger partial charge in [-0.25, -0.2) is 9.97 Å². The standard InChI is InChI=1S/C22H22N2O/c1-14-18-9-8-17-13-23-21(15-6-4-3-5-7-15)24-20(17)22(18,2)12-16-10-11-25-19(14)16/h3-7,10-11,13-14,18H,8-9,12H2,1-2H3/t14-,18-,22-/m0/s1. The summed E-state index contributed by atoms with van der Waals surface area (Å²) in [5.41, 5.74) is 5.05. The fourth-order valence-electron chi connectivity index (χ4n) is 5.10. The molecule has 126 valence electrons. The Hall–Kier alpha value is -2.42. The smallest absolute Gasteiger partial charge is 0.159 e. The second kappa shape index (κ2) is 5.29. The molecule has 0 radical (unpaired) electrons. The van der Waals surface area contributed by atoms with E-state index in [9.17, 15) is 0 Å². The van der Waals surface area contributed by atoms with E-state index in [4.69, 9.17) is 9.40 Å². The van der Waals surface area contributed by atoms with E-state index in [0.717, 1.165) is 24.2 Å². The lowest BCUT2D eigenvalue weighted by atomic mass is 9.57. The minimum absolute atomic E-state index is 0.0519. The van der Waals surface area contributed by atoms with Gasteiger partial charge in [0.25, 0.3) is 0 Å². The fourth-order valence-corrected chi connectivity index (χ4v) is 5.10. The van der Waals surface area contributed by atoms with Crippen molar-refractivity contribution < 1.29 is 4.42 Å². The molecule has 0 saturated carbocycles. The van der Waals surface area contributed by atoms with Crippen molar-refractivity contribution in [2.75, 3.05) is 0 Å². The molecule has 0 N–H and O–H groups in total. The van der Waals surface area contributed by atoms with Gasteiger partial charge in [-0.15, -0.1) is 0 Å². The average molecular weight is 330 g/mol. The van der Waals surface area contributed by atoms with Crippen LogP contribution in [0.4, 0.5) is 0 Å². The minimum Gasteiger partial charge on any atom is -0.469 e. The normalized spacial score (nSPS) is 27.3. The van der Waals surface area contributed by atoms with Gasteiger partial charge >= 0.3 is 0 Å². The maximum absolute atomic E-state index is 5.81. The first-order valence-corrected chi connectivity index (χ1v) is 9.15. The summed E-state index contributed by atoms with van der Waals surface area (Å²) in [6.45, 7) is 4.71. The van der Waals surface area contributed by atoms with E-state index in [1.54, 1.807) is 0 Å². The second-order valence-electron chi connectivity index (χ2n) is 7.77. The number of furan rings is 1. The molecule has 3 heteroatoms. The Morgan fingerprint density at radius 2 is 1.96 bits per heavy atom. The first-order valence-electron chi connectivity index (χ1n) is 9.15. The lowest BCUT2D eigenvalue weighted by Gasteiger charge is -2.47. The Morgan fingerprint density at radius 3 is 2.80 bits per heavy atom. The van der Waals surface area contributed by atoms with Crippen LogP contribution in [0.3, 0.4) is 0 Å². The quantitative estimate of drug-likeness (QED) is 0.636. The van der Waals surface area contributed by atoms with E-state index in [-0.39, 0.29) is 5.41 Å². The van der Waals surface area contributed by atoms with Crippen molar-refractivity contribution in [2.24, 2.45) is 5.92 Å². The second-order valence-corrected chi connectivity index (χ2v) is 7.77. The maximum atomic E-state index is 5.81. The van der Waals surface area contributed by atoms with Crippen LogP contribution in [0.2, 0.25) is 0 Å². The molecule has 0 spiro atoms. The third kappa shape index (κ3) is 2.11. The number of rotatable bonds is 1. The number of aryl methyl sites for hydroxylation is 1. The molecule has 0 aliphatic heterocycles. The van der Waals surface area contributed by atoms with Gasteiger partial charge in [0.2, 0.25) is 0 Å². The van der Waals surface area contributed by atoms with Crippen molar-refractivity contribution >= 4 is 0 Å². The zero-order valence-electron chi connectivity index (χ0n) is 14.7. The van der Waals surface area contributed by atoms with Gasteiger partial charge in [0.15, 0.2) is 5.82 Å². The Bertz CT molecular complexity index is 930. The van der Waals surface area contributed by atoms with Crippen molar-refractivity contribution in [3.63, 3.8) is 0 Å². The lowest BCUT2D eigenvalue weighted by molar-refractivity contribution is 0.178. The molecule has 2 heterocycles. The molecular formula is C22H22N2O. The van der Waals surface area contributed by atoms with Crippen LogP contribution < -0.4 is 0 Å². The van der Waals surface area contributed by atoms with Crippen molar-refractivity contribution in [3.05, 3.63) is 71.4 Å². The number of hydrogen-bond acceptors (Lipinski definition) is 3. The van der Waals surface area contributed by atoms with Gasteiger partial charge in [-0.05, 0) is 42.4 Å². The summed E-state index contributed by atoms with van der Waals surface area (Å²) >= 11 is 0. The van der Waals surface area contributed by atoms with Crippen LogP contribution in [0.25, 0.3) is 11.4 Å². The molecule has 0 saturated heterocycles. The number of aromatic nitrogens is 2. The Morgan fingerprint density at radius 1 is 1.12 bits per heavy atom. The van der Waals surface area contributed by atoms with Gasteiger partial charge in [0.1, 0.15) is 5.76 Å². The largest absolute Gasteiger partial charge is 0.469 e. The van der Waals surface area contributed by atoms with Crippen LogP contribution in [0.5, 0.6) is 0 Å². The molecule has 1 aromatic carbocycles. The summed E-state index contributed by atoms with van der Waals surface area (Å²) in [6.07, 6.45) is 7.15. The molecule has 2 aliphatic carbocycles. The van der Waals surface area contributed by atoms with E-state index in [2.05, 4.69) is 43.2 Å². The van der Waals surface area contributed by atoms with Gasteiger partial charge in [-0.2, -0.15) is 0 Å². The van der Waals surface area contributed by atoms with Crippen LogP contribution in [-0.2, 0) is 18.3 Å². The van der Waals surface area contributed by atoms with Crippen molar-refractivity contribution in [1.29, 1.82) is 0 Å². The summed E-state index contributed by atoms with van der Waals surface area (Å²) in [5.74, 6) is 3.03. The molecule has 5 rings (SSSR count). The maximum Gasteiger partial charge on any atom is 0.159 e. The fraction of sp³-hybridized carbons (Fsp3) is 0.364. The van der Waals surface area contributed by atoms with Gasteiger partial charge < -0.3 is 4.42 Å². The van der Waals surface area contributed by atoms with E-state index >= 15 is 0 Å². The number of fused-ring (bicyclic) bond motifs is 4. The van der Waals surface area contributed by atoms with Gasteiger partial charge in [0, 0.05) is 23.1 Å². The first-order chi connectivity index (χ1) is 12.2. The van der Waals surface area contributed by atoms with Crippen LogP contribution in [0.1, 0.15) is 48.8 Å². The predicted molar refractivity (Wildman–Crippen MR) is 97.5 cm³/mol. The highest BCUT2D eigenvalue weighted by Crippen LogP contribution is 2.53. The summed E-state index contributed by atoms with van der Waals surface area (Å²) in [6, 6.07) is 12.4. The highest BCUT2D eigenvalue weighted by molar-refractivity contribution is 5.55. The molecule has 0 unspecified atom stereocenters. The van der Waals surface area contributed by atoms with E-state index in [1.807, 2.05) is 24.5 Å². The molecule has 3 atom stereocenters. The number of hydrogen-bond donors (Lipinski definition) is 0. The molecule has 2 aromatic heterocycles. The predicted octanol–water partition coefficient (Wildman–Crippen LogP) is 4.92. The number of nitrogens with zero attached hydrogens (tertiary/aromatic N) is 2. The molecule has 0 fully saturated rings. The molecule has 0 bridgehead atoms. The van der Waals surface area contributed by atoms with Crippen LogP contribution in [0, 0.1) is 5.92 Å². The third-order valence-electron chi connectivity index (χ3n) is 6.34. The molecule has 2 aliphatic rings. The van der Waals surface area contributed by atoms with Gasteiger partial charge in [-0.3, -0.25) is 0 Å². The summed E-state index contributed by atoms with van der Waals surface area (Å²) < 4.78 is 5.81. The van der Waals surface area contributed by atoms with Gasteiger partial charge in [-0.1, -0.05) is 44.2 Å². The molecule has 0 amide bonds. The Balaban J connectivity index is 1.66. The van der Waals surface area contributed by atoms with E-state index in [1.165, 1.54) is 29.0 Å². The zero-order chi connectivity index (χ0) is 17.0. The van der Waals surface area contributed by atoms with Crippen molar-refractivity contribution in [2.45, 2.75) is 44.4 Å². The third-order valence-corrected chi connectivity index (χ3v) is 6.34. The Labute approximate surface area is 148 Å². The summed E-state index contributed by atoms with van der Waals surface area (Å²) in [7, 11) is 0. The average Bonchev–Trinajstić information content (AvgIpc) is 3.10. The molecular weight excluding hydrogens is 308 g/mol. The van der Waals surface area contributed by atoms with E-state index in [0.29, 0.717) is 11.8 Å². The monoisotopic (exact) mass is 330 g/mol. The molecule has 25 heavy (non-hydrogen) atoms. The highest BCUT2D eigenvalue weighted by atomic mass is 16.3. The SMILES string of the molecule is C[C@@H]1c2occc2C[C@]2(C)c3nc(-c4ccccc4)ncc3CC[C@@H]12. The van der Waals surface area contributed by atoms with Crippen LogP contribution in [-0.4, -0.2) is 9.97 Å². The zero-order valence-corrected chi connectivity index (χ0v) is 14.7. The van der Waals surface area contributed by atoms with Crippen LogP contribution >= 0.6 is 0 Å². The van der Waals surface area contributed by atoms with Gasteiger partial charge in [0.05, 0.1) is 12.0 Å². The highest BCUT2D eigenvalue weighted by Gasteiger charge is 2.49. The summed E-state index contributed by atoms with van der Waals surface area (Å²) in [4.78, 5) is 9.74. The lowest BCUT2D eigenvalue weighted by Crippen LogP contribution is -2.45. The van der Waals surface area contributed by atoms with Crippen molar-refractivity contribution in [1.82, 2.24) is 9.97 Å². The molecule has 3 nitrogen and oxygen atoms in total. The summed E-state index contributed by atoms with van der Waals surface area (Å²) in [5, 5.41) is 0. The Kier molecular flexibility index (Phi) is 3.15. The minimum atomic E-state index is 0.0519. The number of benzene rings is 1. The first kappa shape index (κ1) is 14.9.